The van der Waals surface area contributed by atoms with Crippen molar-refractivity contribution in [2.75, 3.05) is 0 Å². The number of carboxylic acids is 1. The molecule has 1 N–H and O–H groups in total. The van der Waals surface area contributed by atoms with E-state index in [1.165, 1.54) is 32.1 Å². The fourth-order valence-electron chi connectivity index (χ4n) is 1.88. The molecule has 3 heteroatoms. The Morgan fingerprint density at radius 1 is 1.18 bits per heavy atom. The van der Waals surface area contributed by atoms with E-state index in [-0.39, 0.29) is 19.4 Å². The van der Waals surface area contributed by atoms with Gasteiger partial charge in [-0.05, 0) is 19.3 Å². The van der Waals surface area contributed by atoms with Crippen LogP contribution in [-0.4, -0.2) is 11.1 Å². The molecule has 0 saturated carbocycles. The first-order valence-corrected chi connectivity index (χ1v) is 6.56. The van der Waals surface area contributed by atoms with Crippen molar-refractivity contribution in [1.82, 2.24) is 0 Å². The molecule has 0 radical (unpaired) electrons. The third-order valence-electron chi connectivity index (χ3n) is 2.97. The Labute approximate surface area is 113 Å². The van der Waals surface area contributed by atoms with Crippen LogP contribution < -0.4 is 0 Å². The van der Waals surface area contributed by atoms with Gasteiger partial charge in [0.05, 0.1) is 5.92 Å². The van der Waals surface area contributed by atoms with Crippen LogP contribution in [0.4, 0.5) is 0 Å². The fraction of sp³-hybridized carbons (Fsp3) is 0.786. The largest absolute Gasteiger partial charge is 0.481 e. The lowest BCUT2D eigenvalue weighted by Gasteiger charge is -2.10. The first-order chi connectivity index (χ1) is 7.72. The number of unbranched alkanes of at least 4 members (excludes halogenated alkanes) is 5. The molecule has 2 nitrogen and oxygen atoms in total. The van der Waals surface area contributed by atoms with Gasteiger partial charge in [0.25, 0.3) is 0 Å². The number of rotatable bonds is 11. The minimum absolute atomic E-state index is 0. The average molecular weight is 260 g/mol. The number of carboxylic acid groups (broad SMARTS) is 1. The van der Waals surface area contributed by atoms with Crippen molar-refractivity contribution in [2.24, 2.45) is 5.92 Å². The Hall–Kier alpha value is -0.440. The van der Waals surface area contributed by atoms with Gasteiger partial charge in [0, 0.05) is 0 Å². The summed E-state index contributed by atoms with van der Waals surface area (Å²) in [6.45, 7) is 5.83. The van der Waals surface area contributed by atoms with Gasteiger partial charge in [-0.15, -0.1) is 6.58 Å². The zero-order valence-electron chi connectivity index (χ0n) is 11.1. The van der Waals surface area contributed by atoms with Gasteiger partial charge in [-0.25, -0.2) is 0 Å². The van der Waals surface area contributed by atoms with E-state index in [4.69, 9.17) is 5.11 Å². The molecule has 0 bridgehead atoms. The van der Waals surface area contributed by atoms with E-state index >= 15 is 0 Å². The molecule has 17 heavy (non-hydrogen) atoms. The predicted octanol–water partition coefficient (Wildman–Crippen LogP) is 4.52. The highest BCUT2D eigenvalue weighted by atomic mass is 32.1. The molecule has 0 aromatic rings. The van der Waals surface area contributed by atoms with Crippen LogP contribution in [0.2, 0.25) is 0 Å². The maximum absolute atomic E-state index is 10.9. The van der Waals surface area contributed by atoms with Crippen LogP contribution in [0.25, 0.3) is 0 Å². The van der Waals surface area contributed by atoms with Crippen LogP contribution in [0.5, 0.6) is 0 Å². The summed E-state index contributed by atoms with van der Waals surface area (Å²) in [6, 6.07) is 0. The predicted molar refractivity (Wildman–Crippen MR) is 78.9 cm³/mol. The second-order valence-electron chi connectivity index (χ2n) is 4.46. The third kappa shape index (κ3) is 11.8. The molecule has 1 atom stereocenters. The van der Waals surface area contributed by atoms with E-state index in [9.17, 15) is 4.79 Å². The molecule has 0 saturated heterocycles. The standard InChI is InChI=1S/C14H26O2.H2S/c1-3-5-7-8-9-10-12-13(14(15)16)11-6-4-2;/h4,13H,2-3,5-12H2,1H3,(H,15,16);1H2. The van der Waals surface area contributed by atoms with E-state index in [1.807, 2.05) is 0 Å². The van der Waals surface area contributed by atoms with Gasteiger partial charge in [-0.2, -0.15) is 13.5 Å². The number of hydrogen-bond donors (Lipinski definition) is 1. The van der Waals surface area contributed by atoms with Crippen molar-refractivity contribution in [2.45, 2.75) is 64.7 Å². The highest BCUT2D eigenvalue weighted by Gasteiger charge is 2.15. The minimum atomic E-state index is -0.643. The number of hydrogen-bond acceptors (Lipinski definition) is 1. The Balaban J connectivity index is 0. The normalized spacial score (nSPS) is 11.6. The average Bonchev–Trinajstić information content (AvgIpc) is 2.26. The van der Waals surface area contributed by atoms with E-state index in [0.29, 0.717) is 0 Å². The van der Waals surface area contributed by atoms with Gasteiger partial charge >= 0.3 is 5.97 Å². The first-order valence-electron chi connectivity index (χ1n) is 6.56. The van der Waals surface area contributed by atoms with Crippen LogP contribution in [0.15, 0.2) is 12.7 Å². The third-order valence-corrected chi connectivity index (χ3v) is 2.97. The first kappa shape index (κ1) is 18.9. The molecule has 102 valence electrons. The summed E-state index contributed by atoms with van der Waals surface area (Å²) >= 11 is 0. The molecule has 0 spiro atoms. The van der Waals surface area contributed by atoms with Gasteiger partial charge in [0.1, 0.15) is 0 Å². The topological polar surface area (TPSA) is 37.3 Å². The SMILES string of the molecule is C=CCCC(CCCCCCCC)C(=O)O.S. The smallest absolute Gasteiger partial charge is 0.306 e. The van der Waals surface area contributed by atoms with Crippen LogP contribution in [-0.2, 0) is 4.79 Å². The maximum Gasteiger partial charge on any atom is 0.306 e. The van der Waals surface area contributed by atoms with Crippen LogP contribution in [0, 0.1) is 5.92 Å². The number of aliphatic carboxylic acids is 1. The summed E-state index contributed by atoms with van der Waals surface area (Å²) in [5.41, 5.74) is 0. The zero-order valence-corrected chi connectivity index (χ0v) is 12.1. The lowest BCUT2D eigenvalue weighted by molar-refractivity contribution is -0.142. The number of carbonyl (C=O) groups is 1. The lowest BCUT2D eigenvalue weighted by atomic mass is 9.96. The van der Waals surface area contributed by atoms with Gasteiger partial charge in [0.2, 0.25) is 0 Å². The maximum atomic E-state index is 10.9. The summed E-state index contributed by atoms with van der Waals surface area (Å²) in [5.74, 6) is -0.806. The second-order valence-corrected chi connectivity index (χ2v) is 4.46. The van der Waals surface area contributed by atoms with Crippen molar-refractivity contribution in [3.8, 4) is 0 Å². The molecule has 0 amide bonds. The van der Waals surface area contributed by atoms with E-state index < -0.39 is 5.97 Å². The van der Waals surface area contributed by atoms with Crippen LogP contribution in [0.3, 0.4) is 0 Å². The molecular formula is C14H28O2S. The minimum Gasteiger partial charge on any atom is -0.481 e. The molecule has 0 aliphatic rings. The summed E-state index contributed by atoms with van der Waals surface area (Å²) in [7, 11) is 0. The lowest BCUT2D eigenvalue weighted by Crippen LogP contribution is -2.13. The molecule has 0 fully saturated rings. The van der Waals surface area contributed by atoms with Gasteiger partial charge < -0.3 is 5.11 Å². The van der Waals surface area contributed by atoms with E-state index in [0.717, 1.165) is 25.7 Å². The summed E-state index contributed by atoms with van der Waals surface area (Å²) < 4.78 is 0. The highest BCUT2D eigenvalue weighted by Crippen LogP contribution is 2.17. The van der Waals surface area contributed by atoms with Gasteiger partial charge in [0.15, 0.2) is 0 Å². The van der Waals surface area contributed by atoms with Crippen LogP contribution >= 0.6 is 13.5 Å². The van der Waals surface area contributed by atoms with Crippen molar-refractivity contribution >= 4 is 19.5 Å². The van der Waals surface area contributed by atoms with Crippen molar-refractivity contribution in [3.63, 3.8) is 0 Å². The quantitative estimate of drug-likeness (QED) is 0.438. The summed E-state index contributed by atoms with van der Waals surface area (Å²) in [4.78, 5) is 10.9. The molecule has 0 aromatic heterocycles. The summed E-state index contributed by atoms with van der Waals surface area (Å²) in [6.07, 6.45) is 11.5. The van der Waals surface area contributed by atoms with E-state index in [2.05, 4.69) is 13.5 Å². The Bertz CT molecular complexity index is 193. The monoisotopic (exact) mass is 260 g/mol. The molecule has 0 aromatic carbocycles. The summed E-state index contributed by atoms with van der Waals surface area (Å²) in [5, 5.41) is 9.01. The molecule has 0 rings (SSSR count). The van der Waals surface area contributed by atoms with E-state index in [1.54, 1.807) is 6.08 Å². The molecule has 0 heterocycles. The van der Waals surface area contributed by atoms with Gasteiger partial charge in [-0.3, -0.25) is 4.79 Å². The fourth-order valence-corrected chi connectivity index (χ4v) is 1.88. The van der Waals surface area contributed by atoms with Gasteiger partial charge in [-0.1, -0.05) is 51.5 Å². The highest BCUT2D eigenvalue weighted by molar-refractivity contribution is 7.59. The van der Waals surface area contributed by atoms with Crippen LogP contribution in [0.1, 0.15) is 64.7 Å². The number of allylic oxidation sites excluding steroid dienone is 1. The van der Waals surface area contributed by atoms with Crippen molar-refractivity contribution in [3.05, 3.63) is 12.7 Å². The Morgan fingerprint density at radius 2 is 1.76 bits per heavy atom. The van der Waals surface area contributed by atoms with Crippen molar-refractivity contribution < 1.29 is 9.90 Å². The molecule has 0 aliphatic heterocycles. The second kappa shape index (κ2) is 13.6. The van der Waals surface area contributed by atoms with Crippen molar-refractivity contribution in [1.29, 1.82) is 0 Å². The molecular weight excluding hydrogens is 232 g/mol. The Kier molecular flexibility index (Phi) is 15.2. The molecule has 0 aliphatic carbocycles. The zero-order chi connectivity index (χ0) is 12.2. The molecule has 1 unspecified atom stereocenters. The Morgan fingerprint density at radius 3 is 2.29 bits per heavy atom.